The number of likely N-dealkylation sites (tertiary alicyclic amines) is 2. The molecule has 4 nitrogen and oxygen atoms in total. The summed E-state index contributed by atoms with van der Waals surface area (Å²) in [4.78, 5) is 21.4. The standard InChI is InChI=1S/C30H32FN3OS/c31-26-7-5-21(6-8-26)22-9-12-33(13-10-22)17-25-18-34(19-28(25)23-11-14-36-20-23)30(35)15-24-16-32-29-4-2-1-3-27(24)29/h1-8,11,14,16,20,22,25,28,32H,9-10,12-13,15,17-19H2. The van der Waals surface area contributed by atoms with Crippen molar-refractivity contribution in [2.45, 2.75) is 31.1 Å². The van der Waals surface area contributed by atoms with Crippen LogP contribution in [0.4, 0.5) is 4.39 Å². The molecule has 2 fully saturated rings. The number of amides is 1. The molecule has 0 saturated carbocycles. The summed E-state index contributed by atoms with van der Waals surface area (Å²) < 4.78 is 13.3. The fraction of sp³-hybridized carbons (Fsp3) is 0.367. The number of rotatable bonds is 6. The second-order valence-electron chi connectivity index (χ2n) is 10.4. The number of H-pyrrole nitrogens is 1. The Hall–Kier alpha value is -2.96. The fourth-order valence-electron chi connectivity index (χ4n) is 6.19. The lowest BCUT2D eigenvalue weighted by molar-refractivity contribution is -0.129. The lowest BCUT2D eigenvalue weighted by Gasteiger charge is -2.34. The van der Waals surface area contributed by atoms with Crippen LogP contribution in [-0.4, -0.2) is 53.4 Å². The highest BCUT2D eigenvalue weighted by atomic mass is 32.1. The summed E-state index contributed by atoms with van der Waals surface area (Å²) in [6.45, 7) is 4.75. The van der Waals surface area contributed by atoms with Gasteiger partial charge in [-0.25, -0.2) is 4.39 Å². The molecule has 186 valence electrons. The highest BCUT2D eigenvalue weighted by Crippen LogP contribution is 2.36. The zero-order valence-corrected chi connectivity index (χ0v) is 21.2. The lowest BCUT2D eigenvalue weighted by atomic mass is 9.87. The van der Waals surface area contributed by atoms with E-state index in [4.69, 9.17) is 0 Å². The maximum Gasteiger partial charge on any atom is 0.227 e. The number of carbonyl (C=O) groups is 1. The summed E-state index contributed by atoms with van der Waals surface area (Å²) in [5, 5.41) is 5.54. The number of halogens is 1. The Balaban J connectivity index is 1.11. The summed E-state index contributed by atoms with van der Waals surface area (Å²) in [7, 11) is 0. The van der Waals surface area contributed by atoms with Crippen molar-refractivity contribution in [3.63, 3.8) is 0 Å². The molecule has 6 heteroatoms. The Morgan fingerprint density at radius 3 is 2.58 bits per heavy atom. The van der Waals surface area contributed by atoms with Gasteiger partial charge in [-0.3, -0.25) is 4.79 Å². The van der Waals surface area contributed by atoms with Crippen molar-refractivity contribution in [2.24, 2.45) is 5.92 Å². The highest BCUT2D eigenvalue weighted by Gasteiger charge is 2.37. The van der Waals surface area contributed by atoms with E-state index < -0.39 is 0 Å². The number of nitrogens with one attached hydrogen (secondary N) is 1. The third-order valence-corrected chi connectivity index (χ3v) is 8.90. The Morgan fingerprint density at radius 2 is 1.81 bits per heavy atom. The number of para-hydroxylation sites is 1. The van der Waals surface area contributed by atoms with Gasteiger partial charge in [0.25, 0.3) is 0 Å². The number of hydrogen-bond donors (Lipinski definition) is 1. The molecular formula is C30H32FN3OS. The quantitative estimate of drug-likeness (QED) is 0.350. The molecule has 1 N–H and O–H groups in total. The van der Waals surface area contributed by atoms with Gasteiger partial charge in [0.2, 0.25) is 5.91 Å². The minimum absolute atomic E-state index is 0.166. The number of aromatic amines is 1. The second-order valence-corrected chi connectivity index (χ2v) is 11.2. The predicted molar refractivity (Wildman–Crippen MR) is 144 cm³/mol. The van der Waals surface area contributed by atoms with Crippen LogP contribution in [0.2, 0.25) is 0 Å². The lowest BCUT2D eigenvalue weighted by Crippen LogP contribution is -2.38. The average molecular weight is 502 g/mol. The van der Waals surface area contributed by atoms with Crippen molar-refractivity contribution < 1.29 is 9.18 Å². The number of thiophene rings is 1. The van der Waals surface area contributed by atoms with Crippen molar-refractivity contribution in [1.29, 1.82) is 0 Å². The third-order valence-electron chi connectivity index (χ3n) is 8.20. The molecule has 2 aliphatic rings. The number of carbonyl (C=O) groups excluding carboxylic acids is 1. The van der Waals surface area contributed by atoms with Crippen LogP contribution in [0.3, 0.4) is 0 Å². The van der Waals surface area contributed by atoms with Gasteiger partial charge >= 0.3 is 0 Å². The van der Waals surface area contributed by atoms with Crippen LogP contribution < -0.4 is 0 Å². The van der Waals surface area contributed by atoms with Gasteiger partial charge in [0.1, 0.15) is 5.82 Å². The topological polar surface area (TPSA) is 39.3 Å². The van der Waals surface area contributed by atoms with Gasteiger partial charge in [-0.2, -0.15) is 11.3 Å². The summed E-state index contributed by atoms with van der Waals surface area (Å²) in [5.74, 6) is 1.39. The Labute approximate surface area is 215 Å². The van der Waals surface area contributed by atoms with E-state index in [9.17, 15) is 9.18 Å². The molecule has 6 rings (SSSR count). The maximum absolute atomic E-state index is 13.4. The van der Waals surface area contributed by atoms with E-state index in [0.29, 0.717) is 24.2 Å². The first-order chi connectivity index (χ1) is 17.6. The van der Waals surface area contributed by atoms with Crippen LogP contribution in [0.25, 0.3) is 10.9 Å². The molecule has 4 aromatic rings. The number of fused-ring (bicyclic) bond motifs is 1. The smallest absolute Gasteiger partial charge is 0.227 e. The van der Waals surface area contributed by atoms with E-state index in [1.807, 2.05) is 30.5 Å². The van der Waals surface area contributed by atoms with Crippen LogP contribution in [0.15, 0.2) is 71.6 Å². The number of nitrogens with zero attached hydrogens (tertiary/aromatic N) is 2. The van der Waals surface area contributed by atoms with Crippen molar-refractivity contribution in [2.75, 3.05) is 32.7 Å². The Kier molecular flexibility index (Phi) is 6.63. The molecule has 0 aliphatic carbocycles. The van der Waals surface area contributed by atoms with Gasteiger partial charge in [-0.15, -0.1) is 0 Å². The summed E-state index contributed by atoms with van der Waals surface area (Å²) >= 11 is 1.74. The molecule has 2 aliphatic heterocycles. The second kappa shape index (κ2) is 10.2. The van der Waals surface area contributed by atoms with Gasteiger partial charge in [0.15, 0.2) is 0 Å². The summed E-state index contributed by atoms with van der Waals surface area (Å²) in [5.41, 5.74) is 4.78. The first-order valence-electron chi connectivity index (χ1n) is 13.0. The van der Waals surface area contributed by atoms with Crippen molar-refractivity contribution >= 4 is 28.1 Å². The van der Waals surface area contributed by atoms with Gasteiger partial charge in [0, 0.05) is 42.7 Å². The largest absolute Gasteiger partial charge is 0.361 e. The summed E-state index contributed by atoms with van der Waals surface area (Å²) in [6, 6.07) is 17.5. The van der Waals surface area contributed by atoms with Crippen molar-refractivity contribution in [1.82, 2.24) is 14.8 Å². The Bertz CT molecular complexity index is 1310. The van der Waals surface area contributed by atoms with Crippen molar-refractivity contribution in [3.8, 4) is 0 Å². The maximum atomic E-state index is 13.4. The van der Waals surface area contributed by atoms with Gasteiger partial charge in [0.05, 0.1) is 6.42 Å². The number of benzene rings is 2. The van der Waals surface area contributed by atoms with E-state index in [0.717, 1.165) is 62.0 Å². The van der Waals surface area contributed by atoms with E-state index >= 15 is 0 Å². The van der Waals surface area contributed by atoms with E-state index in [2.05, 4.69) is 43.7 Å². The van der Waals surface area contributed by atoms with Crippen LogP contribution >= 0.6 is 11.3 Å². The molecule has 2 aromatic heterocycles. The molecule has 2 atom stereocenters. The molecule has 0 spiro atoms. The predicted octanol–water partition coefficient (Wildman–Crippen LogP) is 6.03. The minimum Gasteiger partial charge on any atom is -0.361 e. The zero-order valence-electron chi connectivity index (χ0n) is 20.4. The molecular weight excluding hydrogens is 469 g/mol. The van der Waals surface area contributed by atoms with Crippen molar-refractivity contribution in [3.05, 3.63) is 94.1 Å². The normalized spacial score (nSPS) is 21.4. The first kappa shape index (κ1) is 23.4. The Morgan fingerprint density at radius 1 is 1.00 bits per heavy atom. The van der Waals surface area contributed by atoms with Crippen LogP contribution in [0.1, 0.15) is 41.4 Å². The summed E-state index contributed by atoms with van der Waals surface area (Å²) in [6.07, 6.45) is 4.63. The number of aromatic nitrogens is 1. The van der Waals surface area contributed by atoms with E-state index in [1.54, 1.807) is 23.5 Å². The van der Waals surface area contributed by atoms with E-state index in [-0.39, 0.29) is 11.7 Å². The minimum atomic E-state index is -0.166. The SMILES string of the molecule is O=C(Cc1c[nH]c2ccccc12)N1CC(CN2CCC(c3ccc(F)cc3)CC2)C(c2ccsc2)C1. The average Bonchev–Trinajstić information content (AvgIpc) is 3.66. The van der Waals surface area contributed by atoms with Crippen LogP contribution in [0.5, 0.6) is 0 Å². The molecule has 36 heavy (non-hydrogen) atoms. The molecule has 1 amide bonds. The van der Waals surface area contributed by atoms with Gasteiger partial charge < -0.3 is 14.8 Å². The highest BCUT2D eigenvalue weighted by molar-refractivity contribution is 7.08. The molecule has 2 aromatic carbocycles. The fourth-order valence-corrected chi connectivity index (χ4v) is 6.92. The van der Waals surface area contributed by atoms with Crippen LogP contribution in [-0.2, 0) is 11.2 Å². The van der Waals surface area contributed by atoms with Gasteiger partial charge in [-0.1, -0.05) is 30.3 Å². The monoisotopic (exact) mass is 501 g/mol. The molecule has 2 unspecified atom stereocenters. The van der Waals surface area contributed by atoms with Crippen LogP contribution in [0, 0.1) is 11.7 Å². The number of piperidine rings is 1. The molecule has 0 radical (unpaired) electrons. The third kappa shape index (κ3) is 4.84. The first-order valence-corrected chi connectivity index (χ1v) is 13.9. The molecule has 0 bridgehead atoms. The van der Waals surface area contributed by atoms with Gasteiger partial charge in [-0.05, 0) is 89.5 Å². The zero-order chi connectivity index (χ0) is 24.5. The number of hydrogen-bond acceptors (Lipinski definition) is 3. The van der Waals surface area contributed by atoms with E-state index in [1.165, 1.54) is 11.1 Å². The molecule has 4 heterocycles. The molecule has 2 saturated heterocycles.